The Morgan fingerprint density at radius 3 is 2.40 bits per heavy atom. The van der Waals surface area contributed by atoms with Gasteiger partial charge in [0.15, 0.2) is 0 Å². The Bertz CT molecular complexity index is 386. The number of unbranched alkanes of at least 4 members (excludes halogenated alkanes) is 3. The molecule has 1 atom stereocenters. The Labute approximate surface area is 129 Å². The van der Waals surface area contributed by atoms with E-state index in [0.29, 0.717) is 0 Å². The highest BCUT2D eigenvalue weighted by Crippen LogP contribution is 2.32. The van der Waals surface area contributed by atoms with Gasteiger partial charge in [-0.25, -0.2) is 4.98 Å². The Morgan fingerprint density at radius 2 is 1.85 bits per heavy atom. The summed E-state index contributed by atoms with van der Waals surface area (Å²) in [5.74, 6) is 0. The molecular weight excluding hydrogens is 264 g/mol. The summed E-state index contributed by atoms with van der Waals surface area (Å²) in [7, 11) is 0. The van der Waals surface area contributed by atoms with Gasteiger partial charge >= 0.3 is 0 Å². The van der Waals surface area contributed by atoms with Crippen molar-refractivity contribution in [2.24, 2.45) is 0 Å². The van der Waals surface area contributed by atoms with E-state index in [2.05, 4.69) is 39.9 Å². The van der Waals surface area contributed by atoms with Crippen molar-refractivity contribution in [2.45, 2.75) is 85.1 Å². The van der Waals surface area contributed by atoms with Gasteiger partial charge in [0.25, 0.3) is 0 Å². The van der Waals surface area contributed by atoms with Crippen molar-refractivity contribution < 1.29 is 0 Å². The number of nitrogens with zero attached hydrogens (tertiary/aromatic N) is 1. The van der Waals surface area contributed by atoms with Crippen LogP contribution >= 0.6 is 11.3 Å². The van der Waals surface area contributed by atoms with Crippen LogP contribution in [-0.2, 0) is 12.0 Å². The van der Waals surface area contributed by atoms with Crippen LogP contribution in [0.1, 0.15) is 81.8 Å². The van der Waals surface area contributed by atoms with Crippen molar-refractivity contribution in [3.05, 3.63) is 15.6 Å². The third kappa shape index (κ3) is 4.85. The molecule has 1 aromatic heterocycles. The molecule has 0 amide bonds. The molecule has 0 radical (unpaired) electrons. The maximum Gasteiger partial charge on any atom is 0.113 e. The van der Waals surface area contributed by atoms with Crippen molar-refractivity contribution in [1.82, 2.24) is 10.3 Å². The van der Waals surface area contributed by atoms with Crippen LogP contribution in [0.2, 0.25) is 0 Å². The van der Waals surface area contributed by atoms with Crippen LogP contribution in [0.15, 0.2) is 0 Å². The summed E-state index contributed by atoms with van der Waals surface area (Å²) < 4.78 is 0. The van der Waals surface area contributed by atoms with E-state index in [1.54, 1.807) is 0 Å². The summed E-state index contributed by atoms with van der Waals surface area (Å²) in [6.45, 7) is 12.3. The summed E-state index contributed by atoms with van der Waals surface area (Å²) in [5, 5.41) is 5.04. The summed E-state index contributed by atoms with van der Waals surface area (Å²) in [4.78, 5) is 6.30. The minimum Gasteiger partial charge on any atom is -0.306 e. The predicted molar refractivity (Wildman–Crippen MR) is 90.6 cm³/mol. The maximum atomic E-state index is 4.91. The molecule has 0 bridgehead atoms. The molecule has 2 nitrogen and oxygen atoms in total. The Kier molecular flexibility index (Phi) is 7.75. The molecule has 1 heterocycles. The second-order valence-electron chi connectivity index (χ2n) is 5.94. The van der Waals surface area contributed by atoms with Crippen LogP contribution in [0, 0.1) is 6.92 Å². The minimum atomic E-state index is 0.0621. The Balaban J connectivity index is 2.79. The molecule has 0 aliphatic carbocycles. The molecule has 116 valence electrons. The van der Waals surface area contributed by atoms with Gasteiger partial charge in [0, 0.05) is 4.88 Å². The normalized spacial score (nSPS) is 14.4. The number of rotatable bonds is 10. The van der Waals surface area contributed by atoms with Crippen molar-refractivity contribution in [3.63, 3.8) is 0 Å². The molecule has 0 spiro atoms. The van der Waals surface area contributed by atoms with Gasteiger partial charge in [0.05, 0.1) is 11.2 Å². The molecule has 1 aromatic rings. The zero-order valence-electron chi connectivity index (χ0n) is 14.0. The van der Waals surface area contributed by atoms with E-state index in [-0.39, 0.29) is 5.54 Å². The van der Waals surface area contributed by atoms with Crippen LogP contribution < -0.4 is 5.32 Å². The van der Waals surface area contributed by atoms with Crippen LogP contribution in [0.5, 0.6) is 0 Å². The SMILES string of the molecule is CCCCCCC(C)(NCCC)c1nc(CC)c(C)s1. The average Bonchev–Trinajstić information content (AvgIpc) is 2.83. The lowest BCUT2D eigenvalue weighted by Crippen LogP contribution is -2.40. The van der Waals surface area contributed by atoms with Gasteiger partial charge in [0.1, 0.15) is 5.01 Å². The lowest BCUT2D eigenvalue weighted by atomic mass is 9.94. The molecule has 0 aliphatic heterocycles. The number of aryl methyl sites for hydroxylation is 2. The Hall–Kier alpha value is -0.410. The third-order valence-corrected chi connectivity index (χ3v) is 5.27. The highest BCUT2D eigenvalue weighted by molar-refractivity contribution is 7.11. The van der Waals surface area contributed by atoms with Gasteiger partial charge in [0.2, 0.25) is 0 Å². The summed E-state index contributed by atoms with van der Waals surface area (Å²) in [6, 6.07) is 0. The maximum absolute atomic E-state index is 4.91. The van der Waals surface area contributed by atoms with Gasteiger partial charge in [-0.2, -0.15) is 0 Å². The quantitative estimate of drug-likeness (QED) is 0.600. The van der Waals surface area contributed by atoms with Crippen molar-refractivity contribution in [2.75, 3.05) is 6.54 Å². The zero-order chi connectivity index (χ0) is 15.0. The zero-order valence-corrected chi connectivity index (χ0v) is 14.8. The fourth-order valence-corrected chi connectivity index (χ4v) is 3.72. The topological polar surface area (TPSA) is 24.9 Å². The molecule has 1 N–H and O–H groups in total. The van der Waals surface area contributed by atoms with Crippen molar-refractivity contribution in [1.29, 1.82) is 0 Å². The monoisotopic (exact) mass is 296 g/mol. The molecular formula is C17H32N2S. The predicted octanol–water partition coefficient (Wildman–Crippen LogP) is 5.20. The number of nitrogens with one attached hydrogen (secondary N) is 1. The average molecular weight is 297 g/mol. The van der Waals surface area contributed by atoms with E-state index in [1.807, 2.05) is 11.3 Å². The van der Waals surface area contributed by atoms with Crippen LogP contribution in [0.3, 0.4) is 0 Å². The molecule has 0 saturated heterocycles. The number of aromatic nitrogens is 1. The van der Waals surface area contributed by atoms with E-state index < -0.39 is 0 Å². The second-order valence-corrected chi connectivity index (χ2v) is 7.15. The second kappa shape index (κ2) is 8.78. The van der Waals surface area contributed by atoms with E-state index >= 15 is 0 Å². The van der Waals surface area contributed by atoms with E-state index in [4.69, 9.17) is 4.98 Å². The molecule has 0 aromatic carbocycles. The van der Waals surface area contributed by atoms with E-state index in [1.165, 1.54) is 54.1 Å². The minimum absolute atomic E-state index is 0.0621. The van der Waals surface area contributed by atoms with Gasteiger partial charge < -0.3 is 5.32 Å². The van der Waals surface area contributed by atoms with Gasteiger partial charge in [-0.05, 0) is 39.7 Å². The molecule has 1 unspecified atom stereocenters. The molecule has 3 heteroatoms. The number of thiazole rings is 1. The lowest BCUT2D eigenvalue weighted by Gasteiger charge is -2.29. The summed E-state index contributed by atoms with van der Waals surface area (Å²) in [5.41, 5.74) is 1.34. The lowest BCUT2D eigenvalue weighted by molar-refractivity contribution is 0.325. The molecule has 0 saturated carbocycles. The third-order valence-electron chi connectivity index (χ3n) is 4.00. The smallest absolute Gasteiger partial charge is 0.113 e. The first-order valence-electron chi connectivity index (χ1n) is 8.29. The first kappa shape index (κ1) is 17.6. The largest absolute Gasteiger partial charge is 0.306 e. The van der Waals surface area contributed by atoms with E-state index in [9.17, 15) is 0 Å². The Morgan fingerprint density at radius 1 is 1.10 bits per heavy atom. The highest BCUT2D eigenvalue weighted by atomic mass is 32.1. The molecule has 20 heavy (non-hydrogen) atoms. The first-order chi connectivity index (χ1) is 9.57. The van der Waals surface area contributed by atoms with Gasteiger partial charge in [-0.15, -0.1) is 11.3 Å². The number of hydrogen-bond donors (Lipinski definition) is 1. The molecule has 0 aliphatic rings. The number of hydrogen-bond acceptors (Lipinski definition) is 3. The first-order valence-corrected chi connectivity index (χ1v) is 9.10. The summed E-state index contributed by atoms with van der Waals surface area (Å²) in [6.07, 6.45) is 8.70. The van der Waals surface area contributed by atoms with Crippen LogP contribution in [0.25, 0.3) is 0 Å². The molecule has 1 rings (SSSR count). The van der Waals surface area contributed by atoms with Crippen molar-refractivity contribution in [3.8, 4) is 0 Å². The van der Waals surface area contributed by atoms with Gasteiger partial charge in [-0.3, -0.25) is 0 Å². The van der Waals surface area contributed by atoms with E-state index in [0.717, 1.165) is 13.0 Å². The van der Waals surface area contributed by atoms with Crippen molar-refractivity contribution >= 4 is 11.3 Å². The standard InChI is InChI=1S/C17H32N2S/c1-6-9-10-11-12-17(5,18-13-7-2)16-19-15(8-3)14(4)20-16/h18H,6-13H2,1-5H3. The van der Waals surface area contributed by atoms with Crippen LogP contribution in [-0.4, -0.2) is 11.5 Å². The molecule has 0 fully saturated rings. The fourth-order valence-electron chi connectivity index (χ4n) is 2.57. The van der Waals surface area contributed by atoms with Gasteiger partial charge in [-0.1, -0.05) is 46.5 Å². The fraction of sp³-hybridized carbons (Fsp3) is 0.824. The highest BCUT2D eigenvalue weighted by Gasteiger charge is 2.29. The summed E-state index contributed by atoms with van der Waals surface area (Å²) >= 11 is 1.89. The van der Waals surface area contributed by atoms with Crippen LogP contribution in [0.4, 0.5) is 0 Å².